The smallest absolute Gasteiger partial charge is 0.358 e. The molecule has 0 aliphatic heterocycles. The lowest BCUT2D eigenvalue weighted by molar-refractivity contribution is -0.160. The zero-order valence-electron chi connectivity index (χ0n) is 16.9. The summed E-state index contributed by atoms with van der Waals surface area (Å²) in [5.74, 6) is -0.234. The number of nitrogens with zero attached hydrogens (tertiary/aromatic N) is 4. The number of aromatic nitrogens is 4. The lowest BCUT2D eigenvalue weighted by Gasteiger charge is -2.20. The van der Waals surface area contributed by atoms with E-state index in [0.29, 0.717) is 11.2 Å². The Bertz CT molecular complexity index is 867. The number of hydrogen-bond acceptors (Lipinski definition) is 11. The highest BCUT2D eigenvalue weighted by atomic mass is 31.2. The van der Waals surface area contributed by atoms with Gasteiger partial charge in [0.25, 0.3) is 0 Å². The van der Waals surface area contributed by atoms with Crippen molar-refractivity contribution in [1.82, 2.24) is 19.7 Å². The molecule has 2 rings (SSSR count). The average molecular weight is 431 g/mol. The van der Waals surface area contributed by atoms with Crippen molar-refractivity contribution in [3.8, 4) is 0 Å². The number of carbonyl (C=O) groups excluding carboxylic acids is 1. The van der Waals surface area contributed by atoms with Crippen molar-refractivity contribution in [3.05, 3.63) is 12.7 Å². The molecule has 0 radical (unpaired) electrons. The number of rotatable bonds is 11. The van der Waals surface area contributed by atoms with E-state index in [1.165, 1.54) is 17.4 Å². The van der Waals surface area contributed by atoms with E-state index in [9.17, 15) is 9.36 Å². The molecular weight excluding hydrogens is 405 g/mol. The minimum Gasteiger partial charge on any atom is -0.438 e. The zero-order valence-corrected chi connectivity index (χ0v) is 17.8. The van der Waals surface area contributed by atoms with Crippen LogP contribution in [0.1, 0.15) is 27.7 Å². The molecular formula is C16H26N5O7P. The van der Waals surface area contributed by atoms with Crippen molar-refractivity contribution in [3.63, 3.8) is 0 Å². The van der Waals surface area contributed by atoms with E-state index < -0.39 is 25.8 Å². The number of carbonyl (C=O) groups is 1. The fraction of sp³-hybridized carbons (Fsp3) is 0.625. The van der Waals surface area contributed by atoms with Crippen LogP contribution in [0.25, 0.3) is 11.2 Å². The average Bonchev–Trinajstić information content (AvgIpc) is 3.05. The Morgan fingerprint density at radius 1 is 1.21 bits per heavy atom. The predicted octanol–water partition coefficient (Wildman–Crippen LogP) is 1.60. The molecule has 2 N–H and O–H groups in total. The van der Waals surface area contributed by atoms with E-state index in [1.807, 2.05) is 0 Å². The van der Waals surface area contributed by atoms with Crippen LogP contribution in [0.5, 0.6) is 0 Å². The normalized spacial score (nSPS) is 13.9. The van der Waals surface area contributed by atoms with E-state index >= 15 is 0 Å². The highest BCUT2D eigenvalue weighted by Gasteiger charge is 2.28. The van der Waals surface area contributed by atoms with Gasteiger partial charge in [0.15, 0.2) is 11.3 Å². The molecule has 2 aromatic rings. The van der Waals surface area contributed by atoms with Gasteiger partial charge in [-0.25, -0.2) is 15.0 Å². The zero-order chi connectivity index (χ0) is 21.5. The van der Waals surface area contributed by atoms with Gasteiger partial charge in [0.2, 0.25) is 12.4 Å². The van der Waals surface area contributed by atoms with Crippen molar-refractivity contribution >= 4 is 30.5 Å². The summed E-state index contributed by atoms with van der Waals surface area (Å²) in [5, 5.41) is 0. The van der Waals surface area contributed by atoms with Crippen LogP contribution in [0.3, 0.4) is 0 Å². The quantitative estimate of drug-likeness (QED) is 0.239. The molecule has 0 amide bonds. The van der Waals surface area contributed by atoms with Crippen molar-refractivity contribution < 1.29 is 32.7 Å². The summed E-state index contributed by atoms with van der Waals surface area (Å²) in [4.78, 5) is 29.2. The van der Waals surface area contributed by atoms with Crippen molar-refractivity contribution in [2.45, 2.75) is 27.7 Å². The summed E-state index contributed by atoms with van der Waals surface area (Å²) < 4.78 is 34.5. The number of esters is 1. The number of imidazole rings is 1. The van der Waals surface area contributed by atoms with Crippen LogP contribution in [-0.2, 0) is 27.9 Å². The highest BCUT2D eigenvalue weighted by Crippen LogP contribution is 2.48. The predicted molar refractivity (Wildman–Crippen MR) is 103 cm³/mol. The maximum atomic E-state index is 12.6. The summed E-state index contributed by atoms with van der Waals surface area (Å²) in [5.41, 5.74) is 5.85. The Morgan fingerprint density at radius 3 is 2.66 bits per heavy atom. The van der Waals surface area contributed by atoms with Gasteiger partial charge >= 0.3 is 13.6 Å². The first-order valence-corrected chi connectivity index (χ1v) is 10.6. The third-order valence-corrected chi connectivity index (χ3v) is 5.07. The summed E-state index contributed by atoms with van der Waals surface area (Å²) in [6, 6.07) is 0. The Morgan fingerprint density at radius 2 is 1.97 bits per heavy atom. The van der Waals surface area contributed by atoms with Gasteiger partial charge in [-0.05, 0) is 27.7 Å². The molecule has 2 aromatic heterocycles. The standard InChI is InChI=1S/C16H26N5O7P/c1-5-27-29(23,28-10-25-15(22)16(2,3)4)11-24-6-7-26-21-9-20-12-13(17)18-8-19-14(12)21/h8-9H,5-7,10-11H2,1-4H3,(H2,17,18,19). The van der Waals surface area contributed by atoms with Gasteiger partial charge in [0, 0.05) is 0 Å². The molecule has 0 aliphatic carbocycles. The molecule has 0 saturated heterocycles. The van der Waals surface area contributed by atoms with Gasteiger partial charge in [0.1, 0.15) is 25.6 Å². The first-order valence-electron chi connectivity index (χ1n) is 8.86. The summed E-state index contributed by atoms with van der Waals surface area (Å²) in [6.45, 7) is 6.61. The fourth-order valence-electron chi connectivity index (χ4n) is 1.98. The number of fused-ring (bicyclic) bond motifs is 1. The van der Waals surface area contributed by atoms with Crippen LogP contribution in [0, 0.1) is 5.41 Å². The third-order valence-electron chi connectivity index (χ3n) is 3.42. The lowest BCUT2D eigenvalue weighted by Crippen LogP contribution is -2.24. The Hall–Kier alpha value is -2.27. The summed E-state index contributed by atoms with van der Waals surface area (Å²) in [7, 11) is -3.59. The topological polar surface area (TPSA) is 150 Å². The van der Waals surface area contributed by atoms with Crippen molar-refractivity contribution in [2.75, 3.05) is 38.7 Å². The van der Waals surface area contributed by atoms with Crippen LogP contribution in [0.2, 0.25) is 0 Å². The third kappa shape index (κ3) is 6.64. The molecule has 0 aromatic carbocycles. The Kier molecular flexibility index (Phi) is 7.91. The molecule has 29 heavy (non-hydrogen) atoms. The van der Waals surface area contributed by atoms with Crippen molar-refractivity contribution in [2.24, 2.45) is 5.41 Å². The number of ether oxygens (including phenoxy) is 2. The molecule has 0 fully saturated rings. The van der Waals surface area contributed by atoms with Gasteiger partial charge in [-0.1, -0.05) is 0 Å². The number of hydrogen-bond donors (Lipinski definition) is 1. The van der Waals surface area contributed by atoms with Crippen LogP contribution in [-0.4, -0.2) is 58.6 Å². The lowest BCUT2D eigenvalue weighted by atomic mass is 9.98. The van der Waals surface area contributed by atoms with E-state index in [0.717, 1.165) is 0 Å². The molecule has 0 saturated carbocycles. The van der Waals surface area contributed by atoms with Gasteiger partial charge in [-0.2, -0.15) is 4.73 Å². The molecule has 12 nitrogen and oxygen atoms in total. The second-order valence-electron chi connectivity index (χ2n) is 6.83. The van der Waals surface area contributed by atoms with E-state index in [1.54, 1.807) is 27.7 Å². The minimum absolute atomic E-state index is 0.0858. The second kappa shape index (κ2) is 9.97. The largest absolute Gasteiger partial charge is 0.438 e. The monoisotopic (exact) mass is 431 g/mol. The summed E-state index contributed by atoms with van der Waals surface area (Å²) >= 11 is 0. The highest BCUT2D eigenvalue weighted by molar-refractivity contribution is 7.53. The number of nitrogens with two attached hydrogens (primary N) is 1. The van der Waals surface area contributed by atoms with Gasteiger partial charge in [-0.15, -0.1) is 0 Å². The Balaban J connectivity index is 1.77. The van der Waals surface area contributed by atoms with Gasteiger partial charge in [-0.3, -0.25) is 13.9 Å². The maximum Gasteiger partial charge on any atom is 0.358 e. The molecule has 2 heterocycles. The van der Waals surface area contributed by atoms with E-state index in [-0.39, 0.29) is 32.0 Å². The fourth-order valence-corrected chi connectivity index (χ4v) is 3.17. The molecule has 0 aliphatic rings. The van der Waals surface area contributed by atoms with E-state index in [2.05, 4.69) is 15.0 Å². The van der Waals surface area contributed by atoms with Gasteiger partial charge < -0.3 is 24.6 Å². The van der Waals surface area contributed by atoms with Gasteiger partial charge in [0.05, 0.1) is 18.6 Å². The first-order chi connectivity index (χ1) is 13.7. The Labute approximate surface area is 168 Å². The first kappa shape index (κ1) is 23.0. The molecule has 1 atom stereocenters. The van der Waals surface area contributed by atoms with E-state index in [4.69, 9.17) is 29.1 Å². The maximum absolute atomic E-state index is 12.6. The molecule has 0 bridgehead atoms. The van der Waals surface area contributed by atoms with Crippen LogP contribution in [0.4, 0.5) is 5.82 Å². The SMILES string of the molecule is CCOP(=O)(COCCOn1cnc2c(N)ncnc21)OCOC(=O)C(C)(C)C. The number of anilines is 1. The molecule has 13 heteroatoms. The molecule has 1 unspecified atom stereocenters. The van der Waals surface area contributed by atoms with Crippen LogP contribution < -0.4 is 10.6 Å². The second-order valence-corrected chi connectivity index (χ2v) is 8.83. The molecule has 0 spiro atoms. The van der Waals surface area contributed by atoms with Crippen molar-refractivity contribution in [1.29, 1.82) is 0 Å². The van der Waals surface area contributed by atoms with Crippen LogP contribution in [0.15, 0.2) is 12.7 Å². The molecule has 162 valence electrons. The van der Waals surface area contributed by atoms with Crippen LogP contribution >= 0.6 is 7.60 Å². The summed E-state index contributed by atoms with van der Waals surface area (Å²) in [6.07, 6.45) is 2.39. The minimum atomic E-state index is -3.59. The number of nitrogen functional groups attached to an aromatic ring is 1.